The highest BCUT2D eigenvalue weighted by Gasteiger charge is 2.16. The van der Waals surface area contributed by atoms with Crippen LogP contribution in [0.15, 0.2) is 58.0 Å². The molecule has 1 amide bonds. The maximum absolute atomic E-state index is 12.7. The standard InChI is InChI=1S/C20H14ClN3O5/c1-28-20(27)13-8-11(6-7-14(13)21)23-16(25)9-24-10-22-17-12-4-2-3-5-15(12)29-18(17)19(24)26/h2-8,10H,9H2,1H3,(H,23,25). The molecule has 0 aliphatic heterocycles. The zero-order valence-corrected chi connectivity index (χ0v) is 15.9. The van der Waals surface area contributed by atoms with Crippen LogP contribution in [0.3, 0.4) is 0 Å². The predicted octanol–water partition coefficient (Wildman–Crippen LogP) is 3.22. The van der Waals surface area contributed by atoms with Crippen LogP contribution in [0.4, 0.5) is 5.69 Å². The number of furan rings is 1. The lowest BCUT2D eigenvalue weighted by molar-refractivity contribution is -0.116. The molecule has 0 saturated carbocycles. The average molecular weight is 412 g/mol. The number of fused-ring (bicyclic) bond motifs is 3. The first kappa shape index (κ1) is 18.7. The summed E-state index contributed by atoms with van der Waals surface area (Å²) in [5, 5.41) is 3.54. The molecule has 2 aromatic carbocycles. The third kappa shape index (κ3) is 3.45. The van der Waals surface area contributed by atoms with E-state index in [1.165, 1.54) is 31.6 Å². The van der Waals surface area contributed by atoms with Gasteiger partial charge in [-0.3, -0.25) is 14.2 Å². The second-order valence-corrected chi connectivity index (χ2v) is 6.60. The van der Waals surface area contributed by atoms with Crippen LogP contribution in [0.1, 0.15) is 10.4 Å². The number of anilines is 1. The van der Waals surface area contributed by atoms with Crippen LogP contribution in [0.25, 0.3) is 22.1 Å². The molecule has 0 spiro atoms. The van der Waals surface area contributed by atoms with Gasteiger partial charge in [-0.15, -0.1) is 0 Å². The SMILES string of the molecule is COC(=O)c1cc(NC(=O)Cn2cnc3c(oc4ccccc43)c2=O)ccc1Cl. The highest BCUT2D eigenvalue weighted by molar-refractivity contribution is 6.33. The second-order valence-electron chi connectivity index (χ2n) is 6.19. The van der Waals surface area contributed by atoms with E-state index in [4.69, 9.17) is 16.0 Å². The van der Waals surface area contributed by atoms with Crippen molar-refractivity contribution >= 4 is 51.2 Å². The molecule has 2 aromatic heterocycles. The number of ether oxygens (including phenoxy) is 1. The Morgan fingerprint density at radius 3 is 2.83 bits per heavy atom. The highest BCUT2D eigenvalue weighted by Crippen LogP contribution is 2.24. The quantitative estimate of drug-likeness (QED) is 0.517. The smallest absolute Gasteiger partial charge is 0.339 e. The first-order chi connectivity index (χ1) is 14.0. The van der Waals surface area contributed by atoms with Crippen molar-refractivity contribution in [3.8, 4) is 0 Å². The molecule has 0 radical (unpaired) electrons. The zero-order valence-electron chi connectivity index (χ0n) is 15.1. The molecule has 0 bridgehead atoms. The van der Waals surface area contributed by atoms with Crippen LogP contribution in [0, 0.1) is 0 Å². The Kier molecular flexibility index (Phi) is 4.77. The minimum Gasteiger partial charge on any atom is -0.465 e. The molecule has 29 heavy (non-hydrogen) atoms. The lowest BCUT2D eigenvalue weighted by atomic mass is 10.2. The van der Waals surface area contributed by atoms with Crippen LogP contribution in [-0.4, -0.2) is 28.5 Å². The monoisotopic (exact) mass is 411 g/mol. The van der Waals surface area contributed by atoms with E-state index in [9.17, 15) is 14.4 Å². The fourth-order valence-corrected chi connectivity index (χ4v) is 3.15. The summed E-state index contributed by atoms with van der Waals surface area (Å²) in [6.07, 6.45) is 1.30. The van der Waals surface area contributed by atoms with E-state index in [0.29, 0.717) is 16.8 Å². The van der Waals surface area contributed by atoms with Crippen LogP contribution >= 0.6 is 11.6 Å². The van der Waals surface area contributed by atoms with Crippen molar-refractivity contribution in [1.29, 1.82) is 0 Å². The van der Waals surface area contributed by atoms with Gasteiger partial charge < -0.3 is 14.5 Å². The number of hydrogen-bond donors (Lipinski definition) is 1. The fourth-order valence-electron chi connectivity index (χ4n) is 2.95. The number of esters is 1. The molecule has 8 nitrogen and oxygen atoms in total. The van der Waals surface area contributed by atoms with E-state index in [1.54, 1.807) is 12.1 Å². The number of halogens is 1. The second kappa shape index (κ2) is 7.40. The van der Waals surface area contributed by atoms with Crippen molar-refractivity contribution in [2.45, 2.75) is 6.54 Å². The lowest BCUT2D eigenvalue weighted by Crippen LogP contribution is -2.27. The van der Waals surface area contributed by atoms with Gasteiger partial charge in [0.15, 0.2) is 0 Å². The van der Waals surface area contributed by atoms with Gasteiger partial charge in [0, 0.05) is 11.1 Å². The summed E-state index contributed by atoms with van der Waals surface area (Å²) in [5.41, 5.74) is 1.07. The number of aromatic nitrogens is 2. The lowest BCUT2D eigenvalue weighted by Gasteiger charge is -2.09. The minimum atomic E-state index is -0.623. The van der Waals surface area contributed by atoms with E-state index < -0.39 is 17.4 Å². The molecular weight excluding hydrogens is 398 g/mol. The Bertz CT molecular complexity index is 1320. The number of carbonyl (C=O) groups is 2. The molecule has 0 saturated heterocycles. The summed E-state index contributed by atoms with van der Waals surface area (Å²) < 4.78 is 11.4. The third-order valence-electron chi connectivity index (χ3n) is 4.32. The van der Waals surface area contributed by atoms with E-state index >= 15 is 0 Å². The number of benzene rings is 2. The summed E-state index contributed by atoms with van der Waals surface area (Å²) in [4.78, 5) is 41.1. The number of para-hydroxylation sites is 1. The molecule has 2 heterocycles. The molecule has 9 heteroatoms. The molecular formula is C20H14ClN3O5. The Balaban J connectivity index is 1.60. The molecule has 0 aliphatic rings. The Morgan fingerprint density at radius 1 is 1.24 bits per heavy atom. The van der Waals surface area contributed by atoms with Gasteiger partial charge in [-0.25, -0.2) is 9.78 Å². The largest absolute Gasteiger partial charge is 0.465 e. The third-order valence-corrected chi connectivity index (χ3v) is 4.65. The van der Waals surface area contributed by atoms with Gasteiger partial charge in [-0.2, -0.15) is 0 Å². The number of hydrogen-bond acceptors (Lipinski definition) is 6. The van der Waals surface area contributed by atoms with Gasteiger partial charge in [-0.05, 0) is 30.3 Å². The van der Waals surface area contributed by atoms with Crippen molar-refractivity contribution in [1.82, 2.24) is 9.55 Å². The Morgan fingerprint density at radius 2 is 2.03 bits per heavy atom. The summed E-state index contributed by atoms with van der Waals surface area (Å²) >= 11 is 5.97. The Hall–Kier alpha value is -3.65. The zero-order chi connectivity index (χ0) is 20.5. The number of methoxy groups -OCH3 is 1. The van der Waals surface area contributed by atoms with Gasteiger partial charge in [0.05, 0.1) is 24.0 Å². The van der Waals surface area contributed by atoms with Gasteiger partial charge in [0.1, 0.15) is 17.6 Å². The van der Waals surface area contributed by atoms with Gasteiger partial charge in [0.2, 0.25) is 11.5 Å². The molecule has 4 rings (SSSR count). The number of rotatable bonds is 4. The highest BCUT2D eigenvalue weighted by atomic mass is 35.5. The van der Waals surface area contributed by atoms with Gasteiger partial charge >= 0.3 is 5.97 Å². The maximum Gasteiger partial charge on any atom is 0.339 e. The Labute approximate surface area is 168 Å². The average Bonchev–Trinajstić information content (AvgIpc) is 3.10. The summed E-state index contributed by atoms with van der Waals surface area (Å²) in [7, 11) is 1.23. The number of nitrogens with zero attached hydrogens (tertiary/aromatic N) is 2. The predicted molar refractivity (Wildman–Crippen MR) is 107 cm³/mol. The maximum atomic E-state index is 12.7. The molecule has 0 fully saturated rings. The van der Waals surface area contributed by atoms with Crippen molar-refractivity contribution in [3.63, 3.8) is 0 Å². The molecule has 0 unspecified atom stereocenters. The van der Waals surface area contributed by atoms with Gasteiger partial charge in [0.25, 0.3) is 5.56 Å². The van der Waals surface area contributed by atoms with Crippen LogP contribution in [0.2, 0.25) is 5.02 Å². The first-order valence-corrected chi connectivity index (χ1v) is 8.90. The minimum absolute atomic E-state index is 0.0842. The van der Waals surface area contributed by atoms with Crippen LogP contribution in [-0.2, 0) is 16.1 Å². The van der Waals surface area contributed by atoms with E-state index in [-0.39, 0.29) is 22.7 Å². The molecule has 146 valence electrons. The van der Waals surface area contributed by atoms with Crippen molar-refractivity contribution in [3.05, 3.63) is 69.7 Å². The van der Waals surface area contributed by atoms with E-state index in [0.717, 1.165) is 9.95 Å². The van der Waals surface area contributed by atoms with Crippen LogP contribution in [0.5, 0.6) is 0 Å². The first-order valence-electron chi connectivity index (χ1n) is 8.52. The molecule has 0 atom stereocenters. The van der Waals surface area contributed by atoms with E-state index in [1.807, 2.05) is 12.1 Å². The number of carbonyl (C=O) groups excluding carboxylic acids is 2. The molecule has 4 aromatic rings. The van der Waals surface area contributed by atoms with E-state index in [2.05, 4.69) is 15.0 Å². The van der Waals surface area contributed by atoms with Crippen molar-refractivity contribution < 1.29 is 18.7 Å². The van der Waals surface area contributed by atoms with Crippen LogP contribution < -0.4 is 10.9 Å². The normalized spacial score (nSPS) is 11.0. The van der Waals surface area contributed by atoms with Gasteiger partial charge in [-0.1, -0.05) is 23.7 Å². The summed E-state index contributed by atoms with van der Waals surface area (Å²) in [6, 6.07) is 11.6. The summed E-state index contributed by atoms with van der Waals surface area (Å²) in [5.74, 6) is -1.11. The number of nitrogens with one attached hydrogen (secondary N) is 1. The fraction of sp³-hybridized carbons (Fsp3) is 0.100. The van der Waals surface area contributed by atoms with Crippen molar-refractivity contribution in [2.75, 3.05) is 12.4 Å². The molecule has 1 N–H and O–H groups in total. The van der Waals surface area contributed by atoms with Crippen molar-refractivity contribution in [2.24, 2.45) is 0 Å². The summed E-state index contributed by atoms with van der Waals surface area (Å²) in [6.45, 7) is -0.283. The number of amides is 1. The molecule has 0 aliphatic carbocycles. The topological polar surface area (TPSA) is 103 Å².